The lowest BCUT2D eigenvalue weighted by Gasteiger charge is -2.34. The molecule has 0 saturated heterocycles. The number of unbranched alkanes of at least 4 members (excludes halogenated alkanes) is 1. The molecule has 46 heavy (non-hydrogen) atoms. The average Bonchev–Trinajstić information content (AvgIpc) is 3.02. The van der Waals surface area contributed by atoms with E-state index in [2.05, 4.69) is 5.32 Å². The highest BCUT2D eigenvalue weighted by Gasteiger charge is 2.34. The maximum atomic E-state index is 14.5. The zero-order valence-electron chi connectivity index (χ0n) is 25.6. The maximum Gasteiger partial charge on any atom is 0.264 e. The third-order valence-corrected chi connectivity index (χ3v) is 9.61. The van der Waals surface area contributed by atoms with Crippen LogP contribution in [-0.2, 0) is 32.6 Å². The van der Waals surface area contributed by atoms with Gasteiger partial charge in [0.05, 0.1) is 10.6 Å². The molecule has 4 aromatic rings. The van der Waals surface area contributed by atoms with Gasteiger partial charge in [-0.2, -0.15) is 0 Å². The van der Waals surface area contributed by atoms with E-state index < -0.39 is 34.3 Å². The van der Waals surface area contributed by atoms with Crippen molar-refractivity contribution in [2.24, 2.45) is 0 Å². The van der Waals surface area contributed by atoms with Gasteiger partial charge in [-0.1, -0.05) is 96.7 Å². The van der Waals surface area contributed by atoms with Crippen LogP contribution in [0.25, 0.3) is 0 Å². The Morgan fingerprint density at radius 1 is 0.870 bits per heavy atom. The summed E-state index contributed by atoms with van der Waals surface area (Å²) in [5.74, 6) is -1.48. The number of aryl methyl sites for hydroxylation is 1. The lowest BCUT2D eigenvalue weighted by molar-refractivity contribution is -0.140. The quantitative estimate of drug-likeness (QED) is 0.143. The lowest BCUT2D eigenvalue weighted by Crippen LogP contribution is -2.53. The van der Waals surface area contributed by atoms with Crippen LogP contribution >= 0.6 is 23.2 Å². The van der Waals surface area contributed by atoms with Crippen molar-refractivity contribution in [3.63, 3.8) is 0 Å². The van der Waals surface area contributed by atoms with E-state index in [1.165, 1.54) is 59.5 Å². The molecule has 2 amide bonds. The van der Waals surface area contributed by atoms with E-state index in [1.807, 2.05) is 44.2 Å². The van der Waals surface area contributed by atoms with Crippen LogP contribution in [0.15, 0.2) is 102 Å². The molecule has 0 saturated carbocycles. The van der Waals surface area contributed by atoms with Gasteiger partial charge in [0.25, 0.3) is 10.0 Å². The number of carbonyl (C=O) groups is 2. The molecular weight excluding hydrogens is 648 g/mol. The molecule has 0 aromatic heterocycles. The summed E-state index contributed by atoms with van der Waals surface area (Å²) in [5, 5.41) is 3.30. The van der Waals surface area contributed by atoms with Gasteiger partial charge >= 0.3 is 0 Å². The molecule has 0 aliphatic heterocycles. The summed E-state index contributed by atoms with van der Waals surface area (Å²) < 4.78 is 43.1. The van der Waals surface area contributed by atoms with Gasteiger partial charge in [0.2, 0.25) is 11.8 Å². The Kier molecular flexibility index (Phi) is 12.2. The lowest BCUT2D eigenvalue weighted by atomic mass is 10.0. The molecule has 0 aliphatic carbocycles. The summed E-state index contributed by atoms with van der Waals surface area (Å²) in [7, 11) is -4.32. The van der Waals surface area contributed by atoms with E-state index in [1.54, 1.807) is 12.1 Å². The molecule has 0 heterocycles. The molecule has 11 heteroatoms. The molecule has 1 N–H and O–H groups in total. The zero-order valence-corrected chi connectivity index (χ0v) is 28.0. The minimum atomic E-state index is -4.32. The normalized spacial score (nSPS) is 11.9. The zero-order chi connectivity index (χ0) is 33.3. The third-order valence-electron chi connectivity index (χ3n) is 7.39. The summed E-state index contributed by atoms with van der Waals surface area (Å²) in [6.45, 7) is 3.51. The molecule has 0 spiro atoms. The van der Waals surface area contributed by atoms with Crippen LogP contribution in [0.4, 0.5) is 10.1 Å². The monoisotopic (exact) mass is 683 g/mol. The van der Waals surface area contributed by atoms with Crippen molar-refractivity contribution >= 4 is 50.7 Å². The second kappa shape index (κ2) is 16.1. The van der Waals surface area contributed by atoms with Gasteiger partial charge in [-0.25, -0.2) is 12.8 Å². The van der Waals surface area contributed by atoms with Gasteiger partial charge < -0.3 is 10.2 Å². The molecule has 1 unspecified atom stereocenters. The minimum Gasteiger partial charge on any atom is -0.354 e. The van der Waals surface area contributed by atoms with Gasteiger partial charge in [-0.3, -0.25) is 13.9 Å². The van der Waals surface area contributed by atoms with Gasteiger partial charge in [-0.05, 0) is 66.9 Å². The van der Waals surface area contributed by atoms with Crippen molar-refractivity contribution in [3.8, 4) is 0 Å². The van der Waals surface area contributed by atoms with E-state index in [9.17, 15) is 22.4 Å². The van der Waals surface area contributed by atoms with Crippen molar-refractivity contribution in [1.82, 2.24) is 10.2 Å². The molecule has 0 aliphatic rings. The Balaban J connectivity index is 1.81. The molecule has 0 bridgehead atoms. The molecule has 4 rings (SSSR count). The largest absolute Gasteiger partial charge is 0.354 e. The van der Waals surface area contributed by atoms with Crippen LogP contribution in [0, 0.1) is 12.7 Å². The van der Waals surface area contributed by atoms with Crippen LogP contribution in [0.5, 0.6) is 0 Å². The molecule has 1 atom stereocenters. The standard InChI is InChI=1S/C35H36Cl2FN3O4S/c1-3-4-18-39-35(43)33(19-26-8-6-5-7-9-26)40(23-27-12-14-30(38)15-13-27)34(42)24-41(31-21-28(36)20-29(37)22-31)46(44,45)32-16-10-25(2)11-17-32/h5-17,20-22,33H,3-4,18-19,23-24H2,1-2H3,(H,39,43). The number of rotatable bonds is 14. The number of halogens is 3. The summed E-state index contributed by atoms with van der Waals surface area (Å²) in [6, 6.07) is 24.4. The van der Waals surface area contributed by atoms with Crippen LogP contribution < -0.4 is 9.62 Å². The fourth-order valence-electron chi connectivity index (χ4n) is 4.90. The Labute approximate surface area is 280 Å². The van der Waals surface area contributed by atoms with E-state index >= 15 is 0 Å². The molecule has 7 nitrogen and oxygen atoms in total. The fourth-order valence-corrected chi connectivity index (χ4v) is 6.81. The summed E-state index contributed by atoms with van der Waals surface area (Å²) >= 11 is 12.6. The first kappa shape index (κ1) is 34.9. The first-order valence-electron chi connectivity index (χ1n) is 14.9. The Bertz CT molecular complexity index is 1720. The highest BCUT2D eigenvalue weighted by Crippen LogP contribution is 2.30. The number of nitrogens with zero attached hydrogens (tertiary/aromatic N) is 2. The molecule has 242 valence electrons. The smallest absolute Gasteiger partial charge is 0.264 e. The van der Waals surface area contributed by atoms with E-state index in [-0.39, 0.29) is 39.5 Å². The Morgan fingerprint density at radius 2 is 1.50 bits per heavy atom. The number of benzene rings is 4. The highest BCUT2D eigenvalue weighted by molar-refractivity contribution is 7.92. The topological polar surface area (TPSA) is 86.8 Å². The van der Waals surface area contributed by atoms with Gasteiger partial charge in [0.1, 0.15) is 18.4 Å². The van der Waals surface area contributed by atoms with Gasteiger partial charge in [-0.15, -0.1) is 0 Å². The van der Waals surface area contributed by atoms with Gasteiger partial charge in [0.15, 0.2) is 0 Å². The first-order chi connectivity index (χ1) is 22.0. The van der Waals surface area contributed by atoms with Crippen LogP contribution in [0.1, 0.15) is 36.5 Å². The Morgan fingerprint density at radius 3 is 2.11 bits per heavy atom. The molecule has 4 aromatic carbocycles. The first-order valence-corrected chi connectivity index (χ1v) is 17.1. The number of hydrogen-bond acceptors (Lipinski definition) is 4. The van der Waals surface area contributed by atoms with Crippen molar-refractivity contribution in [1.29, 1.82) is 0 Å². The number of anilines is 1. The number of sulfonamides is 1. The molecule has 0 radical (unpaired) electrons. The summed E-state index contributed by atoms with van der Waals surface area (Å²) in [4.78, 5) is 29.6. The number of hydrogen-bond donors (Lipinski definition) is 1. The predicted octanol–water partition coefficient (Wildman–Crippen LogP) is 7.19. The van der Waals surface area contributed by atoms with Gasteiger partial charge in [0, 0.05) is 29.6 Å². The third kappa shape index (κ3) is 9.31. The van der Waals surface area contributed by atoms with Crippen LogP contribution in [0.2, 0.25) is 10.0 Å². The van der Waals surface area contributed by atoms with Crippen molar-refractivity contribution in [2.75, 3.05) is 17.4 Å². The van der Waals surface area contributed by atoms with E-state index in [0.717, 1.165) is 28.3 Å². The second-order valence-corrected chi connectivity index (χ2v) is 13.7. The molecular formula is C35H36Cl2FN3O4S. The predicted molar refractivity (Wildman–Crippen MR) is 181 cm³/mol. The maximum absolute atomic E-state index is 14.5. The number of nitrogens with one attached hydrogen (secondary N) is 1. The minimum absolute atomic E-state index is 0.0368. The second-order valence-electron chi connectivity index (χ2n) is 11.0. The van der Waals surface area contributed by atoms with Crippen molar-refractivity contribution in [3.05, 3.63) is 130 Å². The van der Waals surface area contributed by atoms with E-state index in [0.29, 0.717) is 12.1 Å². The van der Waals surface area contributed by atoms with Crippen LogP contribution in [-0.4, -0.2) is 44.3 Å². The highest BCUT2D eigenvalue weighted by atomic mass is 35.5. The summed E-state index contributed by atoms with van der Waals surface area (Å²) in [5.41, 5.74) is 2.31. The van der Waals surface area contributed by atoms with Crippen LogP contribution in [0.3, 0.4) is 0 Å². The fraction of sp³-hybridized carbons (Fsp3) is 0.257. The number of amides is 2. The Hall–Kier alpha value is -3.92. The molecule has 0 fully saturated rings. The number of carbonyl (C=O) groups excluding carboxylic acids is 2. The van der Waals surface area contributed by atoms with E-state index in [4.69, 9.17) is 23.2 Å². The van der Waals surface area contributed by atoms with Crippen molar-refractivity contribution < 1.29 is 22.4 Å². The van der Waals surface area contributed by atoms with Crippen molar-refractivity contribution in [2.45, 2.75) is 50.6 Å². The average molecular weight is 685 g/mol. The summed E-state index contributed by atoms with van der Waals surface area (Å²) in [6.07, 6.45) is 1.77. The SMILES string of the molecule is CCCCNC(=O)C(Cc1ccccc1)N(Cc1ccc(F)cc1)C(=O)CN(c1cc(Cl)cc(Cl)c1)S(=O)(=O)c1ccc(C)cc1.